The van der Waals surface area contributed by atoms with Crippen molar-refractivity contribution in [2.45, 2.75) is 111 Å². The van der Waals surface area contributed by atoms with E-state index in [1.165, 1.54) is 22.5 Å². The van der Waals surface area contributed by atoms with Crippen LogP contribution in [0.3, 0.4) is 0 Å². The van der Waals surface area contributed by atoms with Gasteiger partial charge in [-0.15, -0.1) is 0 Å². The Balaban J connectivity index is 1.48. The fraction of sp³-hybridized carbons (Fsp3) is 0.525. The second-order valence-corrected chi connectivity index (χ2v) is 15.6. The quantitative estimate of drug-likeness (QED) is 0.259. The van der Waals surface area contributed by atoms with E-state index >= 15 is 0 Å². The van der Waals surface area contributed by atoms with Crippen molar-refractivity contribution >= 4 is 39.5 Å². The molecule has 3 aromatic rings. The molecule has 1 aromatic heterocycles. The van der Waals surface area contributed by atoms with E-state index in [0.29, 0.717) is 35.1 Å². The Morgan fingerprint density at radius 2 is 1.48 bits per heavy atom. The minimum Gasteiger partial charge on any atom is -0.507 e. The van der Waals surface area contributed by atoms with Crippen molar-refractivity contribution in [2.24, 2.45) is 16.8 Å². The number of likely N-dealkylation sites (N-methyl/N-ethyl adjacent to an activating group) is 2. The van der Waals surface area contributed by atoms with Crippen molar-refractivity contribution in [1.82, 2.24) is 4.98 Å². The number of nitrogens with zero attached hydrogens (tertiary/aromatic N) is 3. The van der Waals surface area contributed by atoms with Crippen LogP contribution in [0.5, 0.6) is 0 Å². The molecule has 0 saturated carbocycles. The molecule has 0 fully saturated rings. The molecule has 5 atom stereocenters. The number of aliphatic hydroxyl groups is 2. The van der Waals surface area contributed by atoms with Gasteiger partial charge < -0.3 is 25.0 Å². The van der Waals surface area contributed by atoms with Crippen molar-refractivity contribution < 1.29 is 10.2 Å². The van der Waals surface area contributed by atoms with Gasteiger partial charge in [0.2, 0.25) is 0 Å². The van der Waals surface area contributed by atoms with Crippen LogP contribution in [0.1, 0.15) is 104 Å². The number of aromatic nitrogens is 1. The first-order valence-corrected chi connectivity index (χ1v) is 17.6. The molecule has 244 valence electrons. The van der Waals surface area contributed by atoms with Crippen molar-refractivity contribution in [3.05, 3.63) is 69.2 Å². The molecule has 6 nitrogen and oxygen atoms in total. The summed E-state index contributed by atoms with van der Waals surface area (Å²) in [5.74, 6) is 1.25. The molecule has 6 heteroatoms. The van der Waals surface area contributed by atoms with Gasteiger partial charge in [0, 0.05) is 81.3 Å². The fourth-order valence-corrected chi connectivity index (χ4v) is 9.96. The second kappa shape index (κ2) is 10.5. The van der Waals surface area contributed by atoms with E-state index < -0.39 is 6.10 Å². The van der Waals surface area contributed by atoms with Crippen molar-refractivity contribution in [3.8, 4) is 0 Å². The number of anilines is 2. The molecule has 0 radical (unpaired) electrons. The lowest BCUT2D eigenvalue weighted by molar-refractivity contribution is 0.256. The van der Waals surface area contributed by atoms with Crippen LogP contribution in [0.25, 0.3) is 28.1 Å². The summed E-state index contributed by atoms with van der Waals surface area (Å²) in [7, 11) is 0. The third-order valence-electron chi connectivity index (χ3n) is 12.1. The Morgan fingerprint density at radius 1 is 0.891 bits per heavy atom. The number of H-pyrrole nitrogens is 1. The maximum absolute atomic E-state index is 12.1. The van der Waals surface area contributed by atoms with Gasteiger partial charge in [0.05, 0.1) is 22.2 Å². The summed E-state index contributed by atoms with van der Waals surface area (Å²) in [4.78, 5) is 13.4. The van der Waals surface area contributed by atoms with Gasteiger partial charge in [-0.25, -0.2) is 0 Å². The first kappa shape index (κ1) is 31.1. The maximum Gasteiger partial charge on any atom is 0.129 e. The van der Waals surface area contributed by atoms with Crippen LogP contribution < -0.4 is 20.4 Å². The van der Waals surface area contributed by atoms with Crippen molar-refractivity contribution in [3.63, 3.8) is 0 Å². The number of nitrogens with one attached hydrogen (secondary N) is 1. The summed E-state index contributed by atoms with van der Waals surface area (Å²) in [6, 6.07) is 7.35. The Labute approximate surface area is 274 Å². The Hall–Kier alpha value is -3.51. The smallest absolute Gasteiger partial charge is 0.129 e. The largest absolute Gasteiger partial charge is 0.507 e. The first-order chi connectivity index (χ1) is 21.8. The van der Waals surface area contributed by atoms with Crippen LogP contribution in [-0.2, 0) is 10.8 Å². The van der Waals surface area contributed by atoms with E-state index in [2.05, 4.69) is 108 Å². The van der Waals surface area contributed by atoms with Crippen molar-refractivity contribution in [1.29, 1.82) is 0 Å². The number of hydrogen-bond donors (Lipinski definition) is 3. The van der Waals surface area contributed by atoms with E-state index in [1.807, 2.05) is 12.4 Å². The Morgan fingerprint density at radius 3 is 2.04 bits per heavy atom. The SMILES string of the molecule is CCN1c2c(cc(=C3C(O)=C(c4cc5c(c6cc[nH]c46)N(CC)C(C)C5(C)CC(C)C)C3O)c3c2C=CN=3)C(C)(CC(C)C)C1C. The van der Waals surface area contributed by atoms with Crippen LogP contribution in [0.15, 0.2) is 41.3 Å². The summed E-state index contributed by atoms with van der Waals surface area (Å²) >= 11 is 0. The Bertz CT molecular complexity index is 1950. The molecule has 0 amide bonds. The average Bonchev–Trinajstić information content (AvgIpc) is 3.75. The topological polar surface area (TPSA) is 75.1 Å². The summed E-state index contributed by atoms with van der Waals surface area (Å²) < 4.78 is 0. The highest BCUT2D eigenvalue weighted by atomic mass is 16.3. The second-order valence-electron chi connectivity index (χ2n) is 15.6. The third-order valence-corrected chi connectivity index (χ3v) is 12.1. The van der Waals surface area contributed by atoms with E-state index in [-0.39, 0.29) is 16.6 Å². The monoisotopic (exact) mass is 620 g/mol. The number of aliphatic hydroxyl groups excluding tert-OH is 2. The lowest BCUT2D eigenvalue weighted by Crippen LogP contribution is -2.41. The molecule has 5 unspecified atom stereocenters. The standard InChI is InChI=1S/C40H52N4O2/c1-11-43-23(7)39(9,19-21(3)4)29-17-27(33-25(35(29)43)13-15-41-33)31-37(45)32(38(31)46)28-18-30-36(26-14-16-42-34(26)28)44(12-2)24(8)40(30,10)20-22(5)6/h13-18,21-24,37,41,45-46H,11-12,19-20H2,1-10H3. The highest BCUT2D eigenvalue weighted by Gasteiger charge is 2.49. The normalized spacial score (nSPS) is 29.3. The van der Waals surface area contributed by atoms with Gasteiger partial charge in [0.1, 0.15) is 11.9 Å². The zero-order valence-electron chi connectivity index (χ0n) is 29.4. The van der Waals surface area contributed by atoms with Crippen LogP contribution in [0.4, 0.5) is 11.4 Å². The van der Waals surface area contributed by atoms with E-state index in [1.54, 1.807) is 0 Å². The zero-order chi connectivity index (χ0) is 33.0. The van der Waals surface area contributed by atoms with Gasteiger partial charge in [-0.3, -0.25) is 4.99 Å². The van der Waals surface area contributed by atoms with Gasteiger partial charge in [-0.1, -0.05) is 41.5 Å². The summed E-state index contributed by atoms with van der Waals surface area (Å²) in [5, 5.41) is 26.9. The molecule has 4 heterocycles. The van der Waals surface area contributed by atoms with E-state index in [9.17, 15) is 10.2 Å². The predicted octanol–water partition coefficient (Wildman–Crippen LogP) is 7.33. The van der Waals surface area contributed by atoms with E-state index in [4.69, 9.17) is 4.99 Å². The average molecular weight is 621 g/mol. The third kappa shape index (κ3) is 3.95. The molecule has 3 aliphatic heterocycles. The van der Waals surface area contributed by atoms with Gasteiger partial charge >= 0.3 is 0 Å². The molecule has 7 rings (SSSR count). The van der Waals surface area contributed by atoms with Crippen molar-refractivity contribution in [2.75, 3.05) is 22.9 Å². The summed E-state index contributed by atoms with van der Waals surface area (Å²) in [5.41, 5.74) is 9.23. The lowest BCUT2D eigenvalue weighted by atomic mass is 9.71. The zero-order valence-corrected chi connectivity index (χ0v) is 29.4. The first-order valence-electron chi connectivity index (χ1n) is 17.6. The molecule has 0 saturated heterocycles. The molecular weight excluding hydrogens is 568 g/mol. The van der Waals surface area contributed by atoms with Crippen LogP contribution >= 0.6 is 0 Å². The maximum atomic E-state index is 12.1. The Kier molecular flexibility index (Phi) is 7.10. The number of hydrogen-bond acceptors (Lipinski definition) is 5. The minimum absolute atomic E-state index is 0.0504. The number of aromatic amines is 1. The predicted molar refractivity (Wildman–Crippen MR) is 192 cm³/mol. The number of benzene rings is 2. The van der Waals surface area contributed by atoms with E-state index in [0.717, 1.165) is 58.5 Å². The molecule has 46 heavy (non-hydrogen) atoms. The molecule has 2 aromatic carbocycles. The molecule has 3 N–H and O–H groups in total. The lowest BCUT2D eigenvalue weighted by Gasteiger charge is -2.35. The molecular formula is C40H52N4O2. The molecule has 0 bridgehead atoms. The van der Waals surface area contributed by atoms with Crippen LogP contribution in [-0.4, -0.2) is 46.5 Å². The summed E-state index contributed by atoms with van der Waals surface area (Å²) in [6.07, 6.45) is 7.18. The van der Waals surface area contributed by atoms with Gasteiger partial charge in [0.25, 0.3) is 0 Å². The fourth-order valence-electron chi connectivity index (χ4n) is 9.96. The molecule has 4 aliphatic rings. The molecule has 0 spiro atoms. The highest BCUT2D eigenvalue weighted by molar-refractivity contribution is 6.09. The van der Waals surface area contributed by atoms with Gasteiger partial charge in [-0.2, -0.15) is 0 Å². The van der Waals surface area contributed by atoms with Crippen LogP contribution in [0.2, 0.25) is 0 Å². The minimum atomic E-state index is -0.919. The number of fused-ring (bicyclic) bond motifs is 6. The molecule has 1 aliphatic carbocycles. The van der Waals surface area contributed by atoms with Gasteiger partial charge in [0.15, 0.2) is 0 Å². The summed E-state index contributed by atoms with van der Waals surface area (Å²) in [6.45, 7) is 25.0. The van der Waals surface area contributed by atoms with Crippen LogP contribution in [0, 0.1) is 11.8 Å². The number of rotatable bonds is 7. The van der Waals surface area contributed by atoms with Gasteiger partial charge in [-0.05, 0) is 87.8 Å². The highest BCUT2D eigenvalue weighted by Crippen LogP contribution is 2.55.